The first kappa shape index (κ1) is 32.0. The molecule has 0 radical (unpaired) electrons. The lowest BCUT2D eigenvalue weighted by Crippen LogP contribution is -2.53. The van der Waals surface area contributed by atoms with Crippen LogP contribution in [0.5, 0.6) is 5.75 Å². The maximum absolute atomic E-state index is 14.1. The third-order valence-electron chi connectivity index (χ3n) is 6.70. The lowest BCUT2D eigenvalue weighted by Gasteiger charge is -2.33. The molecule has 0 aliphatic rings. The second kappa shape index (κ2) is 14.9. The molecule has 0 spiro atoms. The maximum Gasteiger partial charge on any atom is 0.264 e. The van der Waals surface area contributed by atoms with Gasteiger partial charge in [-0.2, -0.15) is 0 Å². The van der Waals surface area contributed by atoms with Crippen molar-refractivity contribution in [3.8, 4) is 5.75 Å². The van der Waals surface area contributed by atoms with Crippen LogP contribution in [0, 0.1) is 0 Å². The van der Waals surface area contributed by atoms with Gasteiger partial charge in [0.2, 0.25) is 11.8 Å². The molecule has 0 aliphatic carbocycles. The van der Waals surface area contributed by atoms with E-state index in [1.165, 1.54) is 17.0 Å². The van der Waals surface area contributed by atoms with Crippen LogP contribution in [-0.4, -0.2) is 50.4 Å². The van der Waals surface area contributed by atoms with E-state index in [1.54, 1.807) is 66.7 Å². The molecular formula is C31H38ClN3O5S. The Balaban J connectivity index is 2.04. The SMILES string of the molecule is CCOc1ccc(N(CC(=O)N(Cc2ccc(Cl)cc2)[C@@H](CC)C(=O)N[C@@H](C)CC)S(=O)(=O)c2ccccc2)cc1. The van der Waals surface area contributed by atoms with Crippen LogP contribution in [-0.2, 0) is 26.2 Å². The lowest BCUT2D eigenvalue weighted by molar-refractivity contribution is -0.140. The van der Waals surface area contributed by atoms with Crippen LogP contribution in [0.15, 0.2) is 83.8 Å². The van der Waals surface area contributed by atoms with Crippen molar-refractivity contribution in [3.63, 3.8) is 0 Å². The van der Waals surface area contributed by atoms with Gasteiger partial charge in [-0.05, 0) is 80.8 Å². The second-order valence-corrected chi connectivity index (χ2v) is 11.9. The largest absolute Gasteiger partial charge is 0.494 e. The molecule has 2 atom stereocenters. The smallest absolute Gasteiger partial charge is 0.264 e. The van der Waals surface area contributed by atoms with E-state index in [1.807, 2.05) is 27.7 Å². The minimum atomic E-state index is -4.13. The van der Waals surface area contributed by atoms with Crippen molar-refractivity contribution in [2.24, 2.45) is 0 Å². The quantitative estimate of drug-likeness (QED) is 0.258. The summed E-state index contributed by atoms with van der Waals surface area (Å²) in [4.78, 5) is 28.9. The fourth-order valence-corrected chi connectivity index (χ4v) is 5.83. The van der Waals surface area contributed by atoms with Gasteiger partial charge in [0, 0.05) is 17.6 Å². The van der Waals surface area contributed by atoms with E-state index in [-0.39, 0.29) is 23.4 Å². The normalized spacial score (nSPS) is 12.7. The highest BCUT2D eigenvalue weighted by molar-refractivity contribution is 7.92. The second-order valence-electron chi connectivity index (χ2n) is 9.64. The minimum Gasteiger partial charge on any atom is -0.494 e. The van der Waals surface area contributed by atoms with Crippen molar-refractivity contribution < 1.29 is 22.7 Å². The van der Waals surface area contributed by atoms with Crippen LogP contribution in [0.4, 0.5) is 5.69 Å². The molecule has 0 saturated carbocycles. The summed E-state index contributed by atoms with van der Waals surface area (Å²) < 4.78 is 34.4. The van der Waals surface area contributed by atoms with Gasteiger partial charge in [-0.1, -0.05) is 55.8 Å². The number of ether oxygens (including phenoxy) is 1. The minimum absolute atomic E-state index is 0.0486. The van der Waals surface area contributed by atoms with Crippen LogP contribution >= 0.6 is 11.6 Å². The summed E-state index contributed by atoms with van der Waals surface area (Å²) in [6.45, 7) is 7.60. The number of amides is 2. The number of carbonyl (C=O) groups excluding carboxylic acids is 2. The number of nitrogens with one attached hydrogen (secondary N) is 1. The molecule has 0 aliphatic heterocycles. The first-order chi connectivity index (χ1) is 19.6. The maximum atomic E-state index is 14.1. The number of carbonyl (C=O) groups is 2. The van der Waals surface area contributed by atoms with Gasteiger partial charge in [0.05, 0.1) is 17.2 Å². The Bertz CT molecular complexity index is 1380. The van der Waals surface area contributed by atoms with E-state index in [9.17, 15) is 18.0 Å². The van der Waals surface area contributed by atoms with Crippen LogP contribution < -0.4 is 14.4 Å². The number of sulfonamides is 1. The fourth-order valence-electron chi connectivity index (χ4n) is 4.27. The van der Waals surface area contributed by atoms with Crippen LogP contribution in [0.1, 0.15) is 46.1 Å². The van der Waals surface area contributed by atoms with Crippen molar-refractivity contribution in [2.75, 3.05) is 17.5 Å². The summed E-state index contributed by atoms with van der Waals surface area (Å²) in [5.41, 5.74) is 1.06. The number of hydrogen-bond acceptors (Lipinski definition) is 5. The highest BCUT2D eigenvalue weighted by Gasteiger charge is 2.34. The molecule has 0 heterocycles. The number of hydrogen-bond donors (Lipinski definition) is 1. The Hall–Kier alpha value is -3.56. The Kier molecular flexibility index (Phi) is 11.6. The van der Waals surface area contributed by atoms with Gasteiger partial charge < -0.3 is 15.0 Å². The number of nitrogens with zero attached hydrogens (tertiary/aromatic N) is 2. The zero-order chi connectivity index (χ0) is 30.0. The van der Waals surface area contributed by atoms with Crippen molar-refractivity contribution in [3.05, 3.63) is 89.4 Å². The highest BCUT2D eigenvalue weighted by Crippen LogP contribution is 2.27. The molecule has 41 heavy (non-hydrogen) atoms. The molecular weight excluding hydrogens is 562 g/mol. The van der Waals surface area contributed by atoms with Gasteiger partial charge in [0.25, 0.3) is 10.0 Å². The standard InChI is InChI=1S/C31H38ClN3O5S/c1-5-23(4)33-31(37)29(6-2)34(21-24-13-15-25(32)16-14-24)30(36)22-35(26-17-19-27(20-18-26)40-7-3)41(38,39)28-11-9-8-10-12-28/h8-20,23,29H,5-7,21-22H2,1-4H3,(H,33,37)/t23-,29-/m0/s1. The van der Waals surface area contributed by atoms with E-state index in [4.69, 9.17) is 16.3 Å². The Morgan fingerprint density at radius 1 is 0.902 bits per heavy atom. The molecule has 8 nitrogen and oxygen atoms in total. The average molecular weight is 600 g/mol. The fraction of sp³-hybridized carbons (Fsp3) is 0.355. The molecule has 0 aromatic heterocycles. The first-order valence-corrected chi connectivity index (χ1v) is 15.6. The average Bonchev–Trinajstić information content (AvgIpc) is 2.97. The zero-order valence-corrected chi connectivity index (χ0v) is 25.5. The first-order valence-electron chi connectivity index (χ1n) is 13.8. The van der Waals surface area contributed by atoms with Gasteiger partial charge >= 0.3 is 0 Å². The lowest BCUT2D eigenvalue weighted by atomic mass is 10.1. The van der Waals surface area contributed by atoms with E-state index < -0.39 is 28.5 Å². The summed E-state index contributed by atoms with van der Waals surface area (Å²) in [5.74, 6) is -0.223. The van der Waals surface area contributed by atoms with Crippen LogP contribution in [0.3, 0.4) is 0 Å². The number of benzene rings is 3. The summed E-state index contributed by atoms with van der Waals surface area (Å²) in [7, 11) is -4.13. The molecule has 10 heteroatoms. The Labute approximate surface area is 248 Å². The van der Waals surface area contributed by atoms with Gasteiger partial charge in [0.15, 0.2) is 0 Å². The molecule has 0 bridgehead atoms. The third-order valence-corrected chi connectivity index (χ3v) is 8.74. The number of anilines is 1. The van der Waals surface area contributed by atoms with Crippen LogP contribution in [0.25, 0.3) is 0 Å². The Morgan fingerprint density at radius 3 is 2.10 bits per heavy atom. The number of halogens is 1. The molecule has 2 amide bonds. The van der Waals surface area contributed by atoms with Gasteiger partial charge in [-0.25, -0.2) is 8.42 Å². The predicted octanol–water partition coefficient (Wildman–Crippen LogP) is 5.66. The Morgan fingerprint density at radius 2 is 1.54 bits per heavy atom. The molecule has 0 saturated heterocycles. The van der Waals surface area contributed by atoms with E-state index in [0.717, 1.165) is 16.3 Å². The molecule has 3 aromatic rings. The zero-order valence-electron chi connectivity index (χ0n) is 23.9. The topological polar surface area (TPSA) is 96.0 Å². The third kappa shape index (κ3) is 8.47. The van der Waals surface area contributed by atoms with E-state index in [0.29, 0.717) is 29.5 Å². The van der Waals surface area contributed by atoms with E-state index >= 15 is 0 Å². The summed E-state index contributed by atoms with van der Waals surface area (Å²) in [6, 6.07) is 20.6. The van der Waals surface area contributed by atoms with Crippen molar-refractivity contribution in [1.82, 2.24) is 10.2 Å². The molecule has 3 rings (SSSR count). The summed E-state index contributed by atoms with van der Waals surface area (Å²) in [6.07, 6.45) is 1.07. The van der Waals surface area contributed by atoms with Gasteiger partial charge in [0.1, 0.15) is 18.3 Å². The molecule has 0 fully saturated rings. The van der Waals surface area contributed by atoms with Crippen LogP contribution in [0.2, 0.25) is 5.02 Å². The van der Waals surface area contributed by atoms with Gasteiger partial charge in [-0.3, -0.25) is 13.9 Å². The number of rotatable bonds is 14. The summed E-state index contributed by atoms with van der Waals surface area (Å²) in [5, 5.41) is 3.52. The monoisotopic (exact) mass is 599 g/mol. The van der Waals surface area contributed by atoms with Gasteiger partial charge in [-0.15, -0.1) is 0 Å². The molecule has 3 aromatic carbocycles. The predicted molar refractivity (Wildman–Crippen MR) is 163 cm³/mol. The van der Waals surface area contributed by atoms with Crippen molar-refractivity contribution in [1.29, 1.82) is 0 Å². The molecule has 1 N–H and O–H groups in total. The molecule has 220 valence electrons. The van der Waals surface area contributed by atoms with Crippen molar-refractivity contribution >= 4 is 39.1 Å². The molecule has 0 unspecified atom stereocenters. The summed E-state index contributed by atoms with van der Waals surface area (Å²) >= 11 is 6.07. The van der Waals surface area contributed by atoms with Crippen molar-refractivity contribution in [2.45, 2.75) is 64.1 Å². The van der Waals surface area contributed by atoms with E-state index in [2.05, 4.69) is 5.32 Å². The highest BCUT2D eigenvalue weighted by atomic mass is 35.5.